The third-order valence-electron chi connectivity index (χ3n) is 5.70. The van der Waals surface area contributed by atoms with Crippen LogP contribution in [0.4, 0.5) is 20.3 Å². The summed E-state index contributed by atoms with van der Waals surface area (Å²) in [6.45, 7) is 5.30. The number of anilines is 2. The Morgan fingerprint density at radius 1 is 1.21 bits per heavy atom. The topological polar surface area (TPSA) is 63.2 Å². The fraction of sp³-hybridized carbons (Fsp3) is 0.381. The van der Waals surface area contributed by atoms with Crippen molar-refractivity contribution in [2.45, 2.75) is 38.5 Å². The van der Waals surface area contributed by atoms with E-state index in [9.17, 15) is 8.78 Å². The largest absolute Gasteiger partial charge is 0.371 e. The first-order chi connectivity index (χ1) is 14.0. The van der Waals surface area contributed by atoms with E-state index in [4.69, 9.17) is 4.74 Å². The summed E-state index contributed by atoms with van der Waals surface area (Å²) >= 11 is 0. The Hall–Kier alpha value is -2.87. The number of benzene rings is 1. The summed E-state index contributed by atoms with van der Waals surface area (Å²) in [5, 5.41) is 12.4. The van der Waals surface area contributed by atoms with Gasteiger partial charge in [-0.1, -0.05) is 12.1 Å². The second-order valence-electron chi connectivity index (χ2n) is 7.75. The van der Waals surface area contributed by atoms with Gasteiger partial charge in [-0.05, 0) is 26.0 Å². The second kappa shape index (κ2) is 6.88. The Morgan fingerprint density at radius 2 is 1.97 bits per heavy atom. The molecule has 5 heterocycles. The van der Waals surface area contributed by atoms with E-state index < -0.39 is 17.7 Å². The van der Waals surface area contributed by atoms with Gasteiger partial charge >= 0.3 is 0 Å². The molecular formula is C21H21F2N5O. The molecule has 0 aliphatic carbocycles. The minimum absolute atomic E-state index is 0.234. The Labute approximate surface area is 166 Å². The normalized spacial score (nSPS) is 21.7. The van der Waals surface area contributed by atoms with E-state index in [1.54, 1.807) is 13.0 Å². The lowest BCUT2D eigenvalue weighted by Crippen LogP contribution is -2.57. The zero-order chi connectivity index (χ0) is 20.1. The predicted molar refractivity (Wildman–Crippen MR) is 106 cm³/mol. The van der Waals surface area contributed by atoms with E-state index in [0.717, 1.165) is 42.2 Å². The van der Waals surface area contributed by atoms with Crippen LogP contribution in [0.5, 0.6) is 0 Å². The molecule has 0 spiro atoms. The van der Waals surface area contributed by atoms with Gasteiger partial charge in [0, 0.05) is 30.5 Å². The van der Waals surface area contributed by atoms with Crippen LogP contribution in [0.25, 0.3) is 10.9 Å². The molecule has 3 aliphatic rings. The van der Waals surface area contributed by atoms with Crippen molar-refractivity contribution in [3.8, 4) is 0 Å². The molecule has 3 atom stereocenters. The highest BCUT2D eigenvalue weighted by Gasteiger charge is 2.38. The number of pyridine rings is 1. The van der Waals surface area contributed by atoms with Crippen LogP contribution >= 0.6 is 0 Å². The van der Waals surface area contributed by atoms with Crippen LogP contribution in [-0.4, -0.2) is 40.5 Å². The lowest BCUT2D eigenvalue weighted by molar-refractivity contribution is -0.133. The Bertz CT molecular complexity index is 1080. The van der Waals surface area contributed by atoms with Gasteiger partial charge in [0.15, 0.2) is 17.5 Å². The van der Waals surface area contributed by atoms with E-state index in [2.05, 4.69) is 25.4 Å². The summed E-state index contributed by atoms with van der Waals surface area (Å²) in [6.07, 6.45) is 3.54. The maximum Gasteiger partial charge on any atom is 0.164 e. The van der Waals surface area contributed by atoms with Crippen molar-refractivity contribution in [2.24, 2.45) is 0 Å². The molecule has 1 N–H and O–H groups in total. The molecule has 3 saturated heterocycles. The zero-order valence-corrected chi connectivity index (χ0v) is 16.2. The van der Waals surface area contributed by atoms with E-state index in [0.29, 0.717) is 11.5 Å². The van der Waals surface area contributed by atoms with Gasteiger partial charge in [-0.2, -0.15) is 5.10 Å². The first-order valence-corrected chi connectivity index (χ1v) is 9.73. The monoisotopic (exact) mass is 397 g/mol. The Kier molecular flexibility index (Phi) is 4.31. The maximum absolute atomic E-state index is 14.2. The molecule has 0 saturated carbocycles. The lowest BCUT2D eigenvalue weighted by Gasteiger charge is -2.47. The van der Waals surface area contributed by atoms with Crippen molar-refractivity contribution < 1.29 is 13.5 Å². The fourth-order valence-electron chi connectivity index (χ4n) is 4.13. The number of ether oxygens (including phenoxy) is 1. The molecule has 3 aromatic rings. The molecule has 3 aliphatic heterocycles. The first-order valence-electron chi connectivity index (χ1n) is 9.73. The SMILES string of the molecule is Cc1nnc(N[C@H](C)c2cccc(F)c2F)c2cc(N3CC4CC(C3)O4)cnc12. The fourth-order valence-corrected chi connectivity index (χ4v) is 4.13. The van der Waals surface area contributed by atoms with E-state index in [1.807, 2.05) is 19.2 Å². The van der Waals surface area contributed by atoms with Crippen LogP contribution in [0.1, 0.15) is 30.6 Å². The Morgan fingerprint density at radius 3 is 2.72 bits per heavy atom. The van der Waals surface area contributed by atoms with Crippen LogP contribution < -0.4 is 10.2 Å². The van der Waals surface area contributed by atoms with Gasteiger partial charge in [-0.15, -0.1) is 5.10 Å². The predicted octanol–water partition coefficient (Wildman–Crippen LogP) is 3.76. The quantitative estimate of drug-likeness (QED) is 0.723. The van der Waals surface area contributed by atoms with Gasteiger partial charge in [0.25, 0.3) is 0 Å². The van der Waals surface area contributed by atoms with Gasteiger partial charge < -0.3 is 15.0 Å². The van der Waals surface area contributed by atoms with Crippen molar-refractivity contribution in [3.05, 3.63) is 53.4 Å². The highest BCUT2D eigenvalue weighted by atomic mass is 19.2. The summed E-state index contributed by atoms with van der Waals surface area (Å²) in [7, 11) is 0. The number of nitrogens with zero attached hydrogens (tertiary/aromatic N) is 4. The zero-order valence-electron chi connectivity index (χ0n) is 16.2. The number of nitrogens with one attached hydrogen (secondary N) is 1. The van der Waals surface area contributed by atoms with Crippen molar-refractivity contribution in [1.82, 2.24) is 15.2 Å². The summed E-state index contributed by atoms with van der Waals surface area (Å²) in [5.74, 6) is -1.23. The van der Waals surface area contributed by atoms with Crippen molar-refractivity contribution in [1.29, 1.82) is 0 Å². The van der Waals surface area contributed by atoms with E-state index in [1.165, 1.54) is 6.07 Å². The molecule has 2 aromatic heterocycles. The smallest absolute Gasteiger partial charge is 0.164 e. The first kappa shape index (κ1) is 18.2. The third-order valence-corrected chi connectivity index (χ3v) is 5.70. The van der Waals surface area contributed by atoms with Crippen molar-refractivity contribution in [3.63, 3.8) is 0 Å². The minimum Gasteiger partial charge on any atom is -0.371 e. The molecule has 3 fully saturated rings. The van der Waals surface area contributed by atoms with E-state index in [-0.39, 0.29) is 17.8 Å². The standard InChI is InChI=1S/C21H21F2N5O/c1-11(16-4-3-5-18(22)19(16)23)25-21-17-6-13(8-24-20(17)12(2)26-27-21)28-9-14-7-15(10-28)29-14/h3-6,8,11,14-15H,7,9-10H2,1-2H3,(H,25,27)/t11-,14?,15?/m1/s1. The molecular weight excluding hydrogens is 376 g/mol. The highest BCUT2D eigenvalue weighted by Crippen LogP contribution is 2.34. The molecule has 0 radical (unpaired) electrons. The lowest BCUT2D eigenvalue weighted by atomic mass is 9.98. The summed E-state index contributed by atoms with van der Waals surface area (Å²) in [5.41, 5.74) is 2.68. The van der Waals surface area contributed by atoms with Gasteiger partial charge in [0.05, 0.1) is 41.3 Å². The van der Waals surface area contributed by atoms with Gasteiger partial charge in [-0.25, -0.2) is 8.78 Å². The second-order valence-corrected chi connectivity index (χ2v) is 7.75. The molecule has 8 heteroatoms. The van der Waals surface area contributed by atoms with Crippen LogP contribution in [0.15, 0.2) is 30.5 Å². The molecule has 2 bridgehead atoms. The van der Waals surface area contributed by atoms with Crippen LogP contribution in [0.3, 0.4) is 0 Å². The van der Waals surface area contributed by atoms with Gasteiger partial charge in [-0.3, -0.25) is 4.98 Å². The average molecular weight is 397 g/mol. The molecule has 6 rings (SSSR count). The number of hydrogen-bond donors (Lipinski definition) is 1. The molecule has 150 valence electrons. The molecule has 2 unspecified atom stereocenters. The number of aromatic nitrogens is 3. The van der Waals surface area contributed by atoms with Crippen molar-refractivity contribution >= 4 is 22.4 Å². The Balaban J connectivity index is 1.50. The number of fused-ring (bicyclic) bond motifs is 3. The molecule has 6 nitrogen and oxygen atoms in total. The molecule has 1 aromatic carbocycles. The van der Waals surface area contributed by atoms with Crippen LogP contribution in [0.2, 0.25) is 0 Å². The van der Waals surface area contributed by atoms with E-state index >= 15 is 0 Å². The number of morpholine rings is 1. The summed E-state index contributed by atoms with van der Waals surface area (Å²) < 4.78 is 33.5. The number of piperidine rings is 1. The molecule has 0 amide bonds. The minimum atomic E-state index is -0.870. The number of aryl methyl sites for hydroxylation is 1. The van der Waals surface area contributed by atoms with Gasteiger partial charge in [0.2, 0.25) is 0 Å². The summed E-state index contributed by atoms with van der Waals surface area (Å²) in [6, 6.07) is 5.70. The highest BCUT2D eigenvalue weighted by molar-refractivity contribution is 5.92. The number of rotatable bonds is 4. The molecule has 29 heavy (non-hydrogen) atoms. The van der Waals surface area contributed by atoms with Gasteiger partial charge in [0.1, 0.15) is 0 Å². The van der Waals surface area contributed by atoms with Crippen LogP contribution in [0, 0.1) is 18.6 Å². The maximum atomic E-state index is 14.2. The average Bonchev–Trinajstić information content (AvgIpc) is 2.71. The number of hydrogen-bond acceptors (Lipinski definition) is 6. The van der Waals surface area contributed by atoms with Crippen LogP contribution in [-0.2, 0) is 4.74 Å². The third kappa shape index (κ3) is 3.17. The number of halogens is 2. The summed E-state index contributed by atoms with van der Waals surface area (Å²) in [4.78, 5) is 6.88. The van der Waals surface area contributed by atoms with Crippen molar-refractivity contribution in [2.75, 3.05) is 23.3 Å².